The first-order valence-electron chi connectivity index (χ1n) is 6.82. The van der Waals surface area contributed by atoms with Crippen molar-refractivity contribution in [3.8, 4) is 0 Å². The molecule has 0 aromatic carbocycles. The van der Waals surface area contributed by atoms with Crippen LogP contribution in [0.2, 0.25) is 0 Å². The van der Waals surface area contributed by atoms with E-state index in [0.717, 1.165) is 18.4 Å². The van der Waals surface area contributed by atoms with Gasteiger partial charge < -0.3 is 10.0 Å². The summed E-state index contributed by atoms with van der Waals surface area (Å²) in [7, 11) is 0. The highest BCUT2D eigenvalue weighted by Crippen LogP contribution is 2.31. The third kappa shape index (κ3) is 3.56. The number of carboxylic acids is 1. The summed E-state index contributed by atoms with van der Waals surface area (Å²) in [6, 6.07) is 4.02. The fourth-order valence-corrected chi connectivity index (χ4v) is 2.05. The molecule has 5 heteroatoms. The molecule has 1 aliphatic rings. The molecule has 20 heavy (non-hydrogen) atoms. The maximum atomic E-state index is 12.4. The third-order valence-electron chi connectivity index (χ3n) is 3.58. The van der Waals surface area contributed by atoms with Crippen LogP contribution in [0.4, 0.5) is 0 Å². The van der Waals surface area contributed by atoms with Gasteiger partial charge in [-0.1, -0.05) is 0 Å². The van der Waals surface area contributed by atoms with Crippen LogP contribution in [0.25, 0.3) is 0 Å². The highest BCUT2D eigenvalue weighted by atomic mass is 16.4. The molecule has 108 valence electrons. The van der Waals surface area contributed by atoms with Crippen molar-refractivity contribution in [2.75, 3.05) is 0 Å². The Morgan fingerprint density at radius 2 is 1.95 bits per heavy atom. The Labute approximate surface area is 118 Å². The van der Waals surface area contributed by atoms with Crippen LogP contribution in [0.1, 0.15) is 38.7 Å². The van der Waals surface area contributed by atoms with E-state index in [1.54, 1.807) is 31.1 Å². The van der Waals surface area contributed by atoms with Crippen LogP contribution in [0.15, 0.2) is 24.5 Å². The monoisotopic (exact) mass is 276 g/mol. The lowest BCUT2D eigenvalue weighted by atomic mass is 9.89. The van der Waals surface area contributed by atoms with Gasteiger partial charge in [0.2, 0.25) is 5.91 Å². The van der Waals surface area contributed by atoms with E-state index in [1.807, 2.05) is 12.1 Å². The Hall–Kier alpha value is -1.91. The van der Waals surface area contributed by atoms with Crippen molar-refractivity contribution in [3.05, 3.63) is 30.1 Å². The smallest absolute Gasteiger partial charge is 0.309 e. The van der Waals surface area contributed by atoms with E-state index in [2.05, 4.69) is 4.98 Å². The van der Waals surface area contributed by atoms with Crippen molar-refractivity contribution in [2.45, 2.75) is 45.7 Å². The zero-order chi connectivity index (χ0) is 14.8. The number of carbonyl (C=O) groups is 2. The van der Waals surface area contributed by atoms with Gasteiger partial charge in [-0.2, -0.15) is 0 Å². The summed E-state index contributed by atoms with van der Waals surface area (Å²) in [5.74, 6) is -1.03. The van der Waals surface area contributed by atoms with Gasteiger partial charge in [0, 0.05) is 31.4 Å². The molecule has 1 saturated carbocycles. The van der Waals surface area contributed by atoms with Crippen LogP contribution < -0.4 is 0 Å². The molecule has 1 aliphatic carbocycles. The molecular formula is C15H20N2O3. The van der Waals surface area contributed by atoms with Gasteiger partial charge in [-0.25, -0.2) is 0 Å². The molecule has 1 aromatic rings. The minimum absolute atomic E-state index is 0.0317. The van der Waals surface area contributed by atoms with E-state index in [4.69, 9.17) is 5.11 Å². The van der Waals surface area contributed by atoms with Crippen LogP contribution in [-0.4, -0.2) is 32.9 Å². The van der Waals surface area contributed by atoms with Gasteiger partial charge in [0.25, 0.3) is 0 Å². The maximum Gasteiger partial charge on any atom is 0.309 e. The summed E-state index contributed by atoms with van der Waals surface area (Å²) < 4.78 is 0. The molecule has 0 spiro atoms. The molecule has 1 heterocycles. The number of aliphatic carboxylic acids is 1. The molecule has 0 radical (unpaired) electrons. The molecule has 5 nitrogen and oxygen atoms in total. The molecule has 1 aromatic heterocycles. The fourth-order valence-electron chi connectivity index (χ4n) is 2.05. The lowest BCUT2D eigenvalue weighted by Crippen LogP contribution is -2.37. The van der Waals surface area contributed by atoms with Crippen molar-refractivity contribution in [2.24, 2.45) is 5.41 Å². The molecule has 1 N–H and O–H groups in total. The molecule has 1 fully saturated rings. The van der Waals surface area contributed by atoms with Gasteiger partial charge in [0.05, 0.1) is 5.41 Å². The Bertz CT molecular complexity index is 495. The van der Waals surface area contributed by atoms with Crippen LogP contribution in [0.5, 0.6) is 0 Å². The fraction of sp³-hybridized carbons (Fsp3) is 0.533. The Balaban J connectivity index is 2.05. The number of nitrogens with zero attached hydrogens (tertiary/aromatic N) is 2. The largest absolute Gasteiger partial charge is 0.481 e. The van der Waals surface area contributed by atoms with Gasteiger partial charge in [-0.3, -0.25) is 14.6 Å². The highest BCUT2D eigenvalue weighted by molar-refractivity contribution is 5.84. The molecule has 0 unspecified atom stereocenters. The molecule has 0 saturated heterocycles. The molecular weight excluding hydrogens is 256 g/mol. The summed E-state index contributed by atoms with van der Waals surface area (Å²) in [6.07, 6.45) is 5.44. The summed E-state index contributed by atoms with van der Waals surface area (Å²) in [5.41, 5.74) is -0.00368. The quantitative estimate of drug-likeness (QED) is 0.863. The van der Waals surface area contributed by atoms with Crippen molar-refractivity contribution < 1.29 is 14.7 Å². The highest BCUT2D eigenvalue weighted by Gasteiger charge is 2.37. The Kier molecular flexibility index (Phi) is 4.06. The van der Waals surface area contributed by atoms with Crippen LogP contribution in [-0.2, 0) is 16.1 Å². The van der Waals surface area contributed by atoms with Crippen LogP contribution in [0.3, 0.4) is 0 Å². The number of rotatable bonds is 6. The zero-order valence-electron chi connectivity index (χ0n) is 11.9. The SMILES string of the molecule is CC(C)(CC(=O)N(Cc1ccncc1)C1CC1)C(=O)O. The first-order chi connectivity index (χ1) is 9.40. The number of aromatic nitrogens is 1. The molecule has 2 rings (SSSR count). The van der Waals surface area contributed by atoms with Crippen molar-refractivity contribution in [1.29, 1.82) is 0 Å². The van der Waals surface area contributed by atoms with Gasteiger partial charge in [0.1, 0.15) is 0 Å². The van der Waals surface area contributed by atoms with E-state index < -0.39 is 11.4 Å². The minimum Gasteiger partial charge on any atom is -0.481 e. The first kappa shape index (κ1) is 14.5. The number of pyridine rings is 1. The molecule has 0 bridgehead atoms. The van der Waals surface area contributed by atoms with Crippen LogP contribution in [0, 0.1) is 5.41 Å². The number of amides is 1. The van der Waals surface area contributed by atoms with Gasteiger partial charge in [0.15, 0.2) is 0 Å². The Morgan fingerprint density at radius 1 is 1.35 bits per heavy atom. The topological polar surface area (TPSA) is 70.5 Å². The third-order valence-corrected chi connectivity index (χ3v) is 3.58. The number of hydrogen-bond acceptors (Lipinski definition) is 3. The van der Waals surface area contributed by atoms with E-state index in [0.29, 0.717) is 6.54 Å². The molecule has 1 amide bonds. The second-order valence-corrected chi connectivity index (χ2v) is 5.97. The van der Waals surface area contributed by atoms with Gasteiger partial charge >= 0.3 is 5.97 Å². The minimum atomic E-state index is -1.03. The normalized spacial score (nSPS) is 14.9. The van der Waals surface area contributed by atoms with Gasteiger partial charge in [-0.05, 0) is 44.4 Å². The average molecular weight is 276 g/mol. The second-order valence-electron chi connectivity index (χ2n) is 5.97. The van der Waals surface area contributed by atoms with E-state index in [9.17, 15) is 9.59 Å². The van der Waals surface area contributed by atoms with E-state index in [-0.39, 0.29) is 18.4 Å². The van der Waals surface area contributed by atoms with Crippen molar-refractivity contribution >= 4 is 11.9 Å². The summed E-state index contributed by atoms with van der Waals surface area (Å²) in [4.78, 5) is 29.3. The zero-order valence-corrected chi connectivity index (χ0v) is 11.9. The second kappa shape index (κ2) is 5.61. The Morgan fingerprint density at radius 3 is 2.45 bits per heavy atom. The standard InChI is InChI=1S/C15H20N2O3/c1-15(2,14(19)20)9-13(18)17(12-3-4-12)10-11-5-7-16-8-6-11/h5-8,12H,3-4,9-10H2,1-2H3,(H,19,20). The number of carboxylic acid groups (broad SMARTS) is 1. The lowest BCUT2D eigenvalue weighted by molar-refractivity contribution is -0.151. The molecule has 0 atom stereocenters. The van der Waals surface area contributed by atoms with E-state index in [1.165, 1.54) is 0 Å². The maximum absolute atomic E-state index is 12.4. The summed E-state index contributed by atoms with van der Waals surface area (Å²) in [6.45, 7) is 3.71. The number of carbonyl (C=O) groups excluding carboxylic acids is 1. The average Bonchev–Trinajstić information content (AvgIpc) is 3.20. The first-order valence-corrected chi connectivity index (χ1v) is 6.82. The molecule has 0 aliphatic heterocycles. The predicted octanol–water partition coefficient (Wildman–Crippen LogP) is 2.07. The van der Waals surface area contributed by atoms with Crippen LogP contribution >= 0.6 is 0 Å². The van der Waals surface area contributed by atoms with Crippen molar-refractivity contribution in [1.82, 2.24) is 9.88 Å². The number of hydrogen-bond donors (Lipinski definition) is 1. The van der Waals surface area contributed by atoms with Gasteiger partial charge in [-0.15, -0.1) is 0 Å². The lowest BCUT2D eigenvalue weighted by Gasteiger charge is -2.26. The predicted molar refractivity (Wildman–Crippen MR) is 73.8 cm³/mol. The summed E-state index contributed by atoms with van der Waals surface area (Å²) >= 11 is 0. The summed E-state index contributed by atoms with van der Waals surface area (Å²) in [5, 5.41) is 9.14. The van der Waals surface area contributed by atoms with Crippen molar-refractivity contribution in [3.63, 3.8) is 0 Å². The van der Waals surface area contributed by atoms with E-state index >= 15 is 0 Å².